The van der Waals surface area contributed by atoms with Crippen LogP contribution in [0.25, 0.3) is 0 Å². The molecule has 1 heterocycles. The van der Waals surface area contributed by atoms with Crippen LogP contribution in [0.1, 0.15) is 65.0 Å². The molecule has 5 atom stereocenters. The van der Waals surface area contributed by atoms with Crippen LogP contribution in [0.2, 0.25) is 0 Å². The first-order chi connectivity index (χ1) is 26.8. The van der Waals surface area contributed by atoms with E-state index in [-0.39, 0.29) is 50.0 Å². The van der Waals surface area contributed by atoms with Crippen molar-refractivity contribution in [2.45, 2.75) is 96.5 Å². The number of Topliss-reactive ketones (excluding diaryl/α,β-unsaturated/α-hetero) is 1. The van der Waals surface area contributed by atoms with Gasteiger partial charge in [0.15, 0.2) is 5.78 Å². The molecule has 2 aromatic rings. The maximum atomic E-state index is 14.1. The van der Waals surface area contributed by atoms with Gasteiger partial charge in [-0.05, 0) is 55.6 Å². The fourth-order valence-corrected chi connectivity index (χ4v) is 6.82. The Labute approximate surface area is 337 Å². The molecule has 2 aromatic carbocycles. The number of hydrogen-bond donors (Lipinski definition) is 5. The monoisotopic (exact) mass is 815 g/mol. The van der Waals surface area contributed by atoms with Gasteiger partial charge < -0.3 is 31.1 Å². The molecule has 0 spiro atoms. The molecule has 3 unspecified atom stereocenters. The first-order valence-electron chi connectivity index (χ1n) is 19.5. The van der Waals surface area contributed by atoms with Gasteiger partial charge in [-0.3, -0.25) is 33.1 Å². The quantitative estimate of drug-likeness (QED) is 0.102. The fraction of sp³-hybridized carbons (Fsp3) is 0.585. The van der Waals surface area contributed by atoms with E-state index in [4.69, 9.17) is 8.92 Å². The van der Waals surface area contributed by atoms with Crippen LogP contribution >= 0.6 is 0 Å². The second-order valence-corrected chi connectivity index (χ2v) is 17.4. The molecule has 0 radical (unpaired) electrons. The Morgan fingerprint density at radius 2 is 1.25 bits per heavy atom. The van der Waals surface area contributed by atoms with Crippen LogP contribution in [-0.2, 0) is 55.9 Å². The number of aliphatic hydroxyl groups is 1. The summed E-state index contributed by atoms with van der Waals surface area (Å²) in [5.41, 5.74) is -0.593. The third kappa shape index (κ3) is 17.4. The van der Waals surface area contributed by atoms with Gasteiger partial charge in [0, 0.05) is 19.5 Å². The van der Waals surface area contributed by atoms with Crippen LogP contribution in [0.3, 0.4) is 0 Å². The molecular weight excluding hydrogens is 755 g/mol. The van der Waals surface area contributed by atoms with Gasteiger partial charge in [0.1, 0.15) is 30.3 Å². The van der Waals surface area contributed by atoms with Crippen LogP contribution < -0.4 is 21.3 Å². The number of carbonyl (C=O) groups excluding carboxylic acids is 5. The van der Waals surface area contributed by atoms with E-state index < -0.39 is 70.0 Å². The van der Waals surface area contributed by atoms with Crippen molar-refractivity contribution in [3.05, 3.63) is 71.8 Å². The summed E-state index contributed by atoms with van der Waals surface area (Å²) in [6.45, 7) is 9.95. The van der Waals surface area contributed by atoms with Crippen LogP contribution in [-0.4, -0.2) is 123 Å². The summed E-state index contributed by atoms with van der Waals surface area (Å²) in [7, 11) is -3.99. The van der Waals surface area contributed by atoms with Crippen molar-refractivity contribution in [2.24, 2.45) is 11.8 Å². The Balaban J connectivity index is 1.85. The van der Waals surface area contributed by atoms with Gasteiger partial charge in [-0.1, -0.05) is 88.4 Å². The third-order valence-corrected chi connectivity index (χ3v) is 9.91. The van der Waals surface area contributed by atoms with Gasteiger partial charge in [0.05, 0.1) is 32.1 Å². The highest BCUT2D eigenvalue weighted by Gasteiger charge is 2.39. The number of hydrogen-bond acceptors (Lipinski definition) is 11. The predicted molar refractivity (Wildman–Crippen MR) is 215 cm³/mol. The first-order valence-corrected chi connectivity index (χ1v) is 21.3. The average Bonchev–Trinajstić information content (AvgIpc) is 3.15. The van der Waals surface area contributed by atoms with Gasteiger partial charge in [-0.25, -0.2) is 0 Å². The lowest BCUT2D eigenvalue weighted by molar-refractivity contribution is -0.143. The molecule has 316 valence electrons. The van der Waals surface area contributed by atoms with Gasteiger partial charge >= 0.3 is 0 Å². The maximum absolute atomic E-state index is 14.1. The highest BCUT2D eigenvalue weighted by atomic mass is 32.2. The standard InChI is InChI=1S/C41H61N5O10S/c1-28(2)23-33(37(48)41(5,52)27-56-57(6,53)54)43-40(51)35(25-31-15-11-8-12-16-31)45-39(50)34(24-29(3)4)44-38(49)32(18-17-30-13-9-7-10-14-30)42-36(47)26-46-19-21-55-22-20-46/h7-16,28-29,32-35,52H,17-27H2,1-6H3,(H,42,47)(H,43,51)(H,44,49)(H,45,50)/t32-,33?,34?,35-,41?/m0/s1. The Morgan fingerprint density at radius 3 is 1.81 bits per heavy atom. The molecule has 0 aromatic heterocycles. The van der Waals surface area contributed by atoms with Gasteiger partial charge in [0.25, 0.3) is 10.1 Å². The van der Waals surface area contributed by atoms with E-state index in [0.717, 1.165) is 18.7 Å². The molecule has 4 amide bonds. The first kappa shape index (κ1) is 47.2. The highest BCUT2D eigenvalue weighted by molar-refractivity contribution is 7.86. The number of amides is 4. The molecule has 0 bridgehead atoms. The Hall–Kier alpha value is -4.22. The van der Waals surface area contributed by atoms with E-state index in [1.165, 1.54) is 0 Å². The van der Waals surface area contributed by atoms with Crippen LogP contribution in [0.5, 0.6) is 0 Å². The number of nitrogens with one attached hydrogen (secondary N) is 4. The highest BCUT2D eigenvalue weighted by Crippen LogP contribution is 2.17. The zero-order chi connectivity index (χ0) is 42.2. The molecule has 3 rings (SSSR count). The number of benzene rings is 2. The Kier molecular flexibility index (Phi) is 18.7. The minimum Gasteiger partial charge on any atom is -0.380 e. The van der Waals surface area contributed by atoms with Crippen molar-refractivity contribution in [2.75, 3.05) is 45.7 Å². The lowest BCUT2D eigenvalue weighted by Gasteiger charge is -2.30. The Morgan fingerprint density at radius 1 is 0.754 bits per heavy atom. The molecule has 1 aliphatic heterocycles. The minimum atomic E-state index is -3.99. The van der Waals surface area contributed by atoms with Crippen molar-refractivity contribution in [1.82, 2.24) is 26.2 Å². The van der Waals surface area contributed by atoms with Gasteiger partial charge in [-0.2, -0.15) is 8.42 Å². The molecule has 5 N–H and O–H groups in total. The smallest absolute Gasteiger partial charge is 0.264 e. The number of carbonyl (C=O) groups is 5. The fourth-order valence-electron chi connectivity index (χ4n) is 6.38. The summed E-state index contributed by atoms with van der Waals surface area (Å²) in [5, 5.41) is 22.2. The molecule has 15 nitrogen and oxygen atoms in total. The number of rotatable bonds is 23. The topological polar surface area (TPSA) is 210 Å². The molecule has 1 aliphatic rings. The summed E-state index contributed by atoms with van der Waals surface area (Å²) >= 11 is 0. The average molecular weight is 816 g/mol. The zero-order valence-electron chi connectivity index (χ0n) is 34.0. The molecule has 0 saturated carbocycles. The number of ketones is 1. The van der Waals surface area contributed by atoms with Crippen molar-refractivity contribution in [3.8, 4) is 0 Å². The molecular formula is C41H61N5O10S. The van der Waals surface area contributed by atoms with E-state index in [9.17, 15) is 37.5 Å². The lowest BCUT2D eigenvalue weighted by atomic mass is 9.90. The Bertz CT molecular complexity index is 1720. The third-order valence-electron chi connectivity index (χ3n) is 9.37. The number of aryl methyl sites for hydroxylation is 1. The molecule has 57 heavy (non-hydrogen) atoms. The number of nitrogens with zero attached hydrogens (tertiary/aromatic N) is 1. The van der Waals surface area contributed by atoms with E-state index in [1.54, 1.807) is 30.3 Å². The molecule has 16 heteroatoms. The molecule has 0 aliphatic carbocycles. The van der Waals surface area contributed by atoms with E-state index >= 15 is 0 Å². The summed E-state index contributed by atoms with van der Waals surface area (Å²) < 4.78 is 33.4. The van der Waals surface area contributed by atoms with Gasteiger partial charge in [-0.15, -0.1) is 0 Å². The van der Waals surface area contributed by atoms with Crippen LogP contribution in [0.15, 0.2) is 60.7 Å². The molecule has 1 fully saturated rings. The summed E-state index contributed by atoms with van der Waals surface area (Å²) in [6, 6.07) is 13.9. The minimum absolute atomic E-state index is 0.0221. The van der Waals surface area contributed by atoms with Gasteiger partial charge in [0.2, 0.25) is 23.6 Å². The van der Waals surface area contributed by atoms with Crippen molar-refractivity contribution in [1.29, 1.82) is 0 Å². The lowest BCUT2D eigenvalue weighted by Crippen LogP contribution is -2.60. The second kappa shape index (κ2) is 22.6. The van der Waals surface area contributed by atoms with Crippen molar-refractivity contribution >= 4 is 39.5 Å². The van der Waals surface area contributed by atoms with E-state index in [2.05, 4.69) is 21.3 Å². The predicted octanol–water partition coefficient (Wildman–Crippen LogP) is 1.52. The SMILES string of the molecule is CC(C)CC(NC(=O)[C@H](CCc1ccccc1)NC(=O)CN1CCOCC1)C(=O)N[C@@H](Cc1ccccc1)C(=O)NC(CC(C)C)C(=O)C(C)(O)COS(C)(=O)=O. The van der Waals surface area contributed by atoms with Crippen molar-refractivity contribution < 1.29 is 46.4 Å². The number of ether oxygens (including phenoxy) is 1. The van der Waals surface area contributed by atoms with E-state index in [0.29, 0.717) is 38.3 Å². The number of morpholine rings is 1. The second-order valence-electron chi connectivity index (χ2n) is 15.8. The van der Waals surface area contributed by atoms with E-state index in [1.807, 2.05) is 62.9 Å². The summed E-state index contributed by atoms with van der Waals surface area (Å²) in [5.74, 6) is -3.31. The largest absolute Gasteiger partial charge is 0.380 e. The zero-order valence-corrected chi connectivity index (χ0v) is 34.8. The molecule has 1 saturated heterocycles. The van der Waals surface area contributed by atoms with Crippen LogP contribution in [0, 0.1) is 11.8 Å². The summed E-state index contributed by atoms with van der Waals surface area (Å²) in [4.78, 5) is 71.0. The van der Waals surface area contributed by atoms with Crippen molar-refractivity contribution in [3.63, 3.8) is 0 Å². The van der Waals surface area contributed by atoms with Crippen LogP contribution in [0.4, 0.5) is 0 Å². The normalized spacial score (nSPS) is 16.8. The summed E-state index contributed by atoms with van der Waals surface area (Å²) in [6.07, 6.45) is 1.88. The maximum Gasteiger partial charge on any atom is 0.264 e.